The molecule has 0 saturated heterocycles. The molecule has 1 rings (SSSR count). The highest BCUT2D eigenvalue weighted by Gasteiger charge is 2.08. The number of likely N-dealkylation sites (N-methyl/N-ethyl adjacent to an activating group) is 1. The quantitative estimate of drug-likeness (QED) is 0.893. The normalized spacial score (nSPS) is 10.1. The Kier molecular flexibility index (Phi) is 4.91. The molecule has 0 aromatic heterocycles. The first-order chi connectivity index (χ1) is 7.22. The molecule has 1 N–H and O–H groups in total. The second-order valence-electron chi connectivity index (χ2n) is 3.15. The molecule has 0 bridgehead atoms. The van der Waals surface area contributed by atoms with Crippen molar-refractivity contribution in [1.82, 2.24) is 5.32 Å². The van der Waals surface area contributed by atoms with Gasteiger partial charge in [-0.1, -0.05) is 0 Å². The van der Waals surface area contributed by atoms with Gasteiger partial charge in [0.1, 0.15) is 11.5 Å². The summed E-state index contributed by atoms with van der Waals surface area (Å²) >= 11 is 3.46. The molecule has 1 aromatic carbocycles. The van der Waals surface area contributed by atoms with E-state index < -0.39 is 0 Å². The Bertz CT molecular complexity index is 329. The Hall–Kier alpha value is -0.740. The Morgan fingerprint density at radius 1 is 1.20 bits per heavy atom. The van der Waals surface area contributed by atoms with E-state index in [2.05, 4.69) is 21.2 Å². The van der Waals surface area contributed by atoms with Crippen molar-refractivity contribution in [3.05, 3.63) is 22.2 Å². The van der Waals surface area contributed by atoms with Gasteiger partial charge in [-0.2, -0.15) is 0 Å². The molecule has 0 atom stereocenters. The van der Waals surface area contributed by atoms with Crippen LogP contribution in [0.25, 0.3) is 0 Å². The monoisotopic (exact) mass is 273 g/mol. The lowest BCUT2D eigenvalue weighted by molar-refractivity contribution is 0.389. The first-order valence-electron chi connectivity index (χ1n) is 4.78. The van der Waals surface area contributed by atoms with E-state index in [4.69, 9.17) is 9.47 Å². The summed E-state index contributed by atoms with van der Waals surface area (Å²) in [5.41, 5.74) is 1.17. The summed E-state index contributed by atoms with van der Waals surface area (Å²) in [7, 11) is 5.25. The first kappa shape index (κ1) is 12.3. The third-order valence-corrected chi connectivity index (χ3v) is 2.82. The minimum atomic E-state index is 0.792. The number of nitrogens with one attached hydrogen (secondary N) is 1. The zero-order valence-corrected chi connectivity index (χ0v) is 10.8. The topological polar surface area (TPSA) is 30.5 Å². The van der Waals surface area contributed by atoms with Gasteiger partial charge in [0.25, 0.3) is 0 Å². The predicted octanol–water partition coefficient (Wildman–Crippen LogP) is 2.23. The van der Waals surface area contributed by atoms with E-state index in [1.54, 1.807) is 14.2 Å². The van der Waals surface area contributed by atoms with Crippen LogP contribution in [0.2, 0.25) is 0 Å². The molecule has 0 fully saturated rings. The van der Waals surface area contributed by atoms with Crippen molar-refractivity contribution in [3.8, 4) is 11.5 Å². The Morgan fingerprint density at radius 3 is 2.40 bits per heavy atom. The Morgan fingerprint density at radius 2 is 1.87 bits per heavy atom. The minimum absolute atomic E-state index is 0.792. The SMILES string of the molecule is CNCCc1cc(Br)c(OC)cc1OC. The molecule has 0 spiro atoms. The molecule has 15 heavy (non-hydrogen) atoms. The lowest BCUT2D eigenvalue weighted by Crippen LogP contribution is -2.11. The van der Waals surface area contributed by atoms with Gasteiger partial charge in [0.05, 0.1) is 18.7 Å². The second-order valence-corrected chi connectivity index (χ2v) is 4.01. The summed E-state index contributed by atoms with van der Waals surface area (Å²) in [5.74, 6) is 1.66. The van der Waals surface area contributed by atoms with Crippen LogP contribution in [0.5, 0.6) is 11.5 Å². The molecule has 0 aliphatic carbocycles. The largest absolute Gasteiger partial charge is 0.496 e. The maximum absolute atomic E-state index is 5.31. The summed E-state index contributed by atoms with van der Waals surface area (Å²) in [5, 5.41) is 3.11. The summed E-state index contributed by atoms with van der Waals surface area (Å²) in [4.78, 5) is 0. The maximum Gasteiger partial charge on any atom is 0.136 e. The molecule has 0 amide bonds. The van der Waals surface area contributed by atoms with Gasteiger partial charge in [-0.3, -0.25) is 0 Å². The van der Waals surface area contributed by atoms with Crippen molar-refractivity contribution in [3.63, 3.8) is 0 Å². The Labute approximate surface area is 98.9 Å². The molecule has 0 saturated carbocycles. The van der Waals surface area contributed by atoms with Crippen LogP contribution < -0.4 is 14.8 Å². The van der Waals surface area contributed by atoms with Crippen LogP contribution in [0.1, 0.15) is 5.56 Å². The summed E-state index contributed by atoms with van der Waals surface area (Å²) in [6.45, 7) is 0.926. The minimum Gasteiger partial charge on any atom is -0.496 e. The number of halogens is 1. The van der Waals surface area contributed by atoms with Gasteiger partial charge < -0.3 is 14.8 Å². The fraction of sp³-hybridized carbons (Fsp3) is 0.455. The maximum atomic E-state index is 5.31. The van der Waals surface area contributed by atoms with E-state index in [-0.39, 0.29) is 0 Å². The highest BCUT2D eigenvalue weighted by atomic mass is 79.9. The van der Waals surface area contributed by atoms with Crippen LogP contribution in [0.3, 0.4) is 0 Å². The number of methoxy groups -OCH3 is 2. The zero-order chi connectivity index (χ0) is 11.3. The summed E-state index contributed by atoms with van der Waals surface area (Å²) in [6.07, 6.45) is 0.933. The molecule has 0 unspecified atom stereocenters. The van der Waals surface area contributed by atoms with E-state index >= 15 is 0 Å². The first-order valence-corrected chi connectivity index (χ1v) is 5.57. The number of ether oxygens (including phenoxy) is 2. The zero-order valence-electron chi connectivity index (χ0n) is 9.26. The third-order valence-electron chi connectivity index (χ3n) is 2.20. The van der Waals surface area contributed by atoms with Crippen molar-refractivity contribution in [2.24, 2.45) is 0 Å². The average molecular weight is 274 g/mol. The van der Waals surface area contributed by atoms with E-state index in [0.29, 0.717) is 0 Å². The molecule has 3 nitrogen and oxygen atoms in total. The molecule has 4 heteroatoms. The predicted molar refractivity (Wildman–Crippen MR) is 64.9 cm³/mol. The second kappa shape index (κ2) is 5.98. The van der Waals surface area contributed by atoms with Gasteiger partial charge in [-0.25, -0.2) is 0 Å². The lowest BCUT2D eigenvalue weighted by Gasteiger charge is -2.11. The standard InChI is InChI=1S/C11H16BrNO2/c1-13-5-4-8-6-9(12)11(15-3)7-10(8)14-2/h6-7,13H,4-5H2,1-3H3. The highest BCUT2D eigenvalue weighted by Crippen LogP contribution is 2.32. The molecular formula is C11H16BrNO2. The van der Waals surface area contributed by atoms with Crippen molar-refractivity contribution >= 4 is 15.9 Å². The molecule has 0 heterocycles. The van der Waals surface area contributed by atoms with Gasteiger partial charge >= 0.3 is 0 Å². The molecule has 0 radical (unpaired) electrons. The number of benzene rings is 1. The number of hydrogen-bond donors (Lipinski definition) is 1. The average Bonchev–Trinajstić information content (AvgIpc) is 2.26. The van der Waals surface area contributed by atoms with Crippen LogP contribution in [0, 0.1) is 0 Å². The molecular weight excluding hydrogens is 258 g/mol. The van der Waals surface area contributed by atoms with Crippen molar-refractivity contribution in [2.75, 3.05) is 27.8 Å². The van der Waals surface area contributed by atoms with Crippen molar-refractivity contribution < 1.29 is 9.47 Å². The van der Waals surface area contributed by atoms with Crippen LogP contribution >= 0.6 is 15.9 Å². The highest BCUT2D eigenvalue weighted by molar-refractivity contribution is 9.10. The molecule has 84 valence electrons. The van der Waals surface area contributed by atoms with E-state index in [9.17, 15) is 0 Å². The summed E-state index contributed by atoms with van der Waals surface area (Å²) in [6, 6.07) is 3.93. The smallest absolute Gasteiger partial charge is 0.136 e. The molecule has 1 aromatic rings. The van der Waals surface area contributed by atoms with Crippen molar-refractivity contribution in [1.29, 1.82) is 0 Å². The fourth-order valence-electron chi connectivity index (χ4n) is 1.38. The van der Waals surface area contributed by atoms with Gasteiger partial charge in [0.2, 0.25) is 0 Å². The lowest BCUT2D eigenvalue weighted by atomic mass is 10.1. The van der Waals surface area contributed by atoms with Gasteiger partial charge in [0.15, 0.2) is 0 Å². The van der Waals surface area contributed by atoms with Crippen LogP contribution in [0.15, 0.2) is 16.6 Å². The van der Waals surface area contributed by atoms with Crippen molar-refractivity contribution in [2.45, 2.75) is 6.42 Å². The number of rotatable bonds is 5. The van der Waals surface area contributed by atoms with Crippen LogP contribution in [-0.4, -0.2) is 27.8 Å². The number of hydrogen-bond acceptors (Lipinski definition) is 3. The van der Waals surface area contributed by atoms with E-state index in [0.717, 1.165) is 28.9 Å². The molecule has 0 aliphatic heterocycles. The fourth-order valence-corrected chi connectivity index (χ4v) is 1.93. The van der Waals surface area contributed by atoms with E-state index in [1.165, 1.54) is 5.56 Å². The Balaban J connectivity index is 2.98. The summed E-state index contributed by atoms with van der Waals surface area (Å²) < 4.78 is 11.5. The van der Waals surface area contributed by atoms with Crippen LogP contribution in [0.4, 0.5) is 0 Å². The van der Waals surface area contributed by atoms with Gasteiger partial charge in [-0.15, -0.1) is 0 Å². The van der Waals surface area contributed by atoms with Gasteiger partial charge in [-0.05, 0) is 47.6 Å². The van der Waals surface area contributed by atoms with E-state index in [1.807, 2.05) is 19.2 Å². The van der Waals surface area contributed by atoms with Gasteiger partial charge in [0, 0.05) is 6.07 Å². The van der Waals surface area contributed by atoms with Crippen LogP contribution in [-0.2, 0) is 6.42 Å². The third kappa shape index (κ3) is 3.11. The molecule has 0 aliphatic rings.